The van der Waals surface area contributed by atoms with Crippen molar-refractivity contribution in [2.24, 2.45) is 0 Å². The van der Waals surface area contributed by atoms with Crippen molar-refractivity contribution in [2.75, 3.05) is 6.66 Å². The lowest BCUT2D eigenvalue weighted by molar-refractivity contribution is 2.51. The third-order valence-electron chi connectivity index (χ3n) is 1.04. The Morgan fingerprint density at radius 2 is 1.33 bits per heavy atom. The average molecular weight is 155 g/mol. The quantitative estimate of drug-likeness (QED) is 0.188. The van der Waals surface area contributed by atoms with E-state index in [1.54, 1.807) is 7.06 Å². The van der Waals surface area contributed by atoms with E-state index < -0.39 is 0 Å². The molecule has 0 bridgehead atoms. The highest BCUT2D eigenvalue weighted by molar-refractivity contribution is 7.85. The summed E-state index contributed by atoms with van der Waals surface area (Å²) >= 11 is 0. The van der Waals surface area contributed by atoms with E-state index in [9.17, 15) is 0 Å². The van der Waals surface area contributed by atoms with Gasteiger partial charge in [-0.1, -0.05) is 6.66 Å². The monoisotopic (exact) mass is 157 g/mol. The van der Waals surface area contributed by atoms with E-state index in [0.29, 0.717) is 0 Å². The Morgan fingerprint density at radius 3 is 1.83 bits per heavy atom. The molecule has 0 spiro atoms. The van der Waals surface area contributed by atoms with Crippen LogP contribution in [0.1, 0.15) is 0 Å². The van der Waals surface area contributed by atoms with Crippen molar-refractivity contribution in [2.45, 2.75) is 0 Å². The van der Waals surface area contributed by atoms with Crippen LogP contribution in [-0.2, 0) is 0 Å². The second-order valence-electron chi connectivity index (χ2n) is 1.99. The maximum atomic E-state index is 5.14. The van der Waals surface area contributed by atoms with E-state index in [-0.39, 0.29) is 0 Å². The molecule has 0 fully saturated rings. The maximum absolute atomic E-state index is 5.14. The molecule has 1 unspecified atom stereocenters. The zero-order valence-corrected chi connectivity index (χ0v) is 8.27. The van der Waals surface area contributed by atoms with Crippen LogP contribution in [0.15, 0.2) is 0 Å². The molecule has 12 heavy (non-hydrogen) atoms. The molecule has 0 heterocycles. The Kier molecular flexibility index (Phi) is 13.2. The molecule has 0 rings (SSSR count). The normalized spacial score (nSPS) is 8.42. The lowest BCUT2D eigenvalue weighted by atomic mass is 8.89. The fraction of sp³-hybridized carbons (Fsp3) is 1.00. The molecule has 0 amide bonds. The van der Waals surface area contributed by atoms with Crippen molar-refractivity contribution in [3.8, 4) is 0 Å². The Hall–Kier alpha value is 1.08. The smallest absolute Gasteiger partial charge is 0.0863 e. The van der Waals surface area contributed by atoms with Gasteiger partial charge in [0.15, 0.2) is 0 Å². The Morgan fingerprint density at radius 1 is 0.833 bits per heavy atom. The standard InChI is InChI=1S/CH4B10P/c1-12-11-10-9-8-7-6-5-4-3-2/h12H,1H3. The second-order valence-corrected chi connectivity index (χ2v) is 2.91. The molecule has 0 nitrogen and oxygen atoms in total. The van der Waals surface area contributed by atoms with Crippen LogP contribution in [-0.4, -0.2) is 77.8 Å². The summed E-state index contributed by atoms with van der Waals surface area (Å²) in [6.45, 7) is 4.27. The third kappa shape index (κ3) is 11.1. The molecule has 0 aliphatic rings. The summed E-state index contributed by atoms with van der Waals surface area (Å²) in [6, 6.07) is 0. The van der Waals surface area contributed by atoms with Crippen molar-refractivity contribution in [3.63, 3.8) is 0 Å². The largest absolute Gasteiger partial charge is 0.177 e. The fourth-order valence-electron chi connectivity index (χ4n) is 0.537. The predicted molar refractivity (Wildman–Crippen MR) is 71.8 cm³/mol. The number of rotatable bonds is 9. The van der Waals surface area contributed by atoms with Gasteiger partial charge in [0.05, 0.1) is 6.89 Å². The van der Waals surface area contributed by atoms with Crippen molar-refractivity contribution >= 4 is 79.6 Å². The van der Waals surface area contributed by atoms with Gasteiger partial charge in [0.2, 0.25) is 0 Å². The minimum Gasteiger partial charge on any atom is -0.177 e. The SMILES string of the molecule is [B][B][B][B][B][B][B][B][B][B]PC. The van der Waals surface area contributed by atoms with E-state index in [0.717, 1.165) is 8.46 Å². The van der Waals surface area contributed by atoms with Crippen LogP contribution in [0.2, 0.25) is 0 Å². The number of hydrogen-bond acceptors (Lipinski definition) is 0. The van der Waals surface area contributed by atoms with Crippen LogP contribution in [0.5, 0.6) is 0 Å². The van der Waals surface area contributed by atoms with Gasteiger partial charge in [0.1, 0.15) is 0 Å². The number of hydrogen-bond donors (Lipinski definition) is 0. The van der Waals surface area contributed by atoms with Gasteiger partial charge in [-0.25, -0.2) is 0 Å². The van der Waals surface area contributed by atoms with Gasteiger partial charge in [0, 0.05) is 64.2 Å². The van der Waals surface area contributed by atoms with Gasteiger partial charge in [-0.05, 0) is 0 Å². The van der Waals surface area contributed by atoms with Gasteiger partial charge < -0.3 is 0 Å². The molecule has 1 atom stereocenters. The lowest BCUT2D eigenvalue weighted by Gasteiger charge is -1.94. The minimum absolute atomic E-state index is 0.879. The minimum atomic E-state index is 0.879. The molecular weight excluding hydrogens is 151 g/mol. The Balaban J connectivity index is 2.73. The Bertz CT molecular complexity index is 66.2. The Labute approximate surface area is 86.5 Å². The zero-order chi connectivity index (χ0) is 9.07. The van der Waals surface area contributed by atoms with Crippen molar-refractivity contribution in [1.29, 1.82) is 0 Å². The molecule has 0 aromatic carbocycles. The molecule has 0 saturated heterocycles. The first-order chi connectivity index (χ1) is 5.91. The highest BCUT2D eigenvalue weighted by Gasteiger charge is 1.95. The van der Waals surface area contributed by atoms with E-state index in [2.05, 4.69) is 13.6 Å². The van der Waals surface area contributed by atoms with Crippen LogP contribution in [0, 0.1) is 0 Å². The summed E-state index contributed by atoms with van der Waals surface area (Å²) in [5, 5.41) is 0. The van der Waals surface area contributed by atoms with Gasteiger partial charge in [-0.15, -0.1) is 0 Å². The van der Waals surface area contributed by atoms with E-state index in [1.807, 2.05) is 42.4 Å². The van der Waals surface area contributed by atoms with E-state index in [4.69, 9.17) is 7.74 Å². The molecule has 0 aromatic heterocycles. The van der Waals surface area contributed by atoms with Gasteiger partial charge in [0.25, 0.3) is 0 Å². The second kappa shape index (κ2) is 12.1. The highest BCUT2D eigenvalue weighted by Crippen LogP contribution is 1.92. The summed E-state index contributed by atoms with van der Waals surface area (Å²) in [5.74, 6) is 0. The van der Waals surface area contributed by atoms with Gasteiger partial charge in [-0.2, -0.15) is 8.46 Å². The summed E-state index contributed by atoms with van der Waals surface area (Å²) in [7, 11) is 21.1. The summed E-state index contributed by atoms with van der Waals surface area (Å²) in [5.41, 5.74) is 0. The van der Waals surface area contributed by atoms with Gasteiger partial charge >= 0.3 is 0 Å². The van der Waals surface area contributed by atoms with Crippen molar-refractivity contribution in [1.82, 2.24) is 0 Å². The van der Waals surface area contributed by atoms with Crippen molar-refractivity contribution < 1.29 is 0 Å². The molecule has 43 valence electrons. The van der Waals surface area contributed by atoms with Crippen LogP contribution in [0.4, 0.5) is 0 Å². The van der Waals surface area contributed by atoms with E-state index >= 15 is 0 Å². The molecule has 0 aliphatic heterocycles. The van der Waals surface area contributed by atoms with Crippen LogP contribution >= 0.6 is 8.46 Å². The summed E-state index contributed by atoms with van der Waals surface area (Å²) in [6.07, 6.45) is 0. The average Bonchev–Trinajstić information content (AvgIpc) is 2.10. The van der Waals surface area contributed by atoms with Crippen LogP contribution in [0.3, 0.4) is 0 Å². The molecule has 0 saturated carbocycles. The first-order valence-corrected chi connectivity index (χ1v) is 5.37. The van der Waals surface area contributed by atoms with Crippen LogP contribution < -0.4 is 0 Å². The van der Waals surface area contributed by atoms with Crippen LogP contribution in [0.25, 0.3) is 0 Å². The zero-order valence-electron chi connectivity index (χ0n) is 7.27. The predicted octanol–water partition coefficient (Wildman–Crippen LogP) is -3.05. The molecular formula is CH4B10P. The lowest BCUT2D eigenvalue weighted by Crippen LogP contribution is -2.31. The van der Waals surface area contributed by atoms with Crippen molar-refractivity contribution in [3.05, 3.63) is 0 Å². The summed E-state index contributed by atoms with van der Waals surface area (Å²) < 4.78 is 0. The van der Waals surface area contributed by atoms with E-state index in [1.165, 1.54) is 7.06 Å². The molecule has 11 heteroatoms. The highest BCUT2D eigenvalue weighted by atomic mass is 31.1. The van der Waals surface area contributed by atoms with Gasteiger partial charge in [-0.3, -0.25) is 0 Å². The molecule has 0 N–H and O–H groups in total. The first-order valence-electron chi connectivity index (χ1n) is 3.79. The third-order valence-corrected chi connectivity index (χ3v) is 1.57. The molecule has 0 aromatic rings. The topological polar surface area (TPSA) is 0 Å². The maximum Gasteiger partial charge on any atom is 0.0863 e. The summed E-state index contributed by atoms with van der Waals surface area (Å²) in [4.78, 5) is 0. The fourth-order valence-corrected chi connectivity index (χ4v) is 0.840. The molecule has 11 radical (unpaired) electrons. The molecule has 0 aliphatic carbocycles. The first kappa shape index (κ1) is 13.1.